The molecule has 0 heterocycles. The maximum atomic E-state index is 11.0. The van der Waals surface area contributed by atoms with E-state index in [0.29, 0.717) is 23.8 Å². The Morgan fingerprint density at radius 1 is 1.56 bits per heavy atom. The van der Waals surface area contributed by atoms with Gasteiger partial charge in [0.05, 0.1) is 12.7 Å². The number of halogens is 1. The molecular weight excluding hydrogens is 254 g/mol. The Labute approximate surface area is 110 Å². The minimum Gasteiger partial charge on any atom is -0.492 e. The van der Waals surface area contributed by atoms with Crippen molar-refractivity contribution in [2.75, 3.05) is 6.61 Å². The van der Waals surface area contributed by atoms with Gasteiger partial charge in [0, 0.05) is 16.9 Å². The van der Waals surface area contributed by atoms with Crippen LogP contribution in [0.5, 0.6) is 5.75 Å². The largest absolute Gasteiger partial charge is 0.492 e. The zero-order chi connectivity index (χ0) is 13.2. The second kappa shape index (κ2) is 4.87. The van der Waals surface area contributed by atoms with E-state index >= 15 is 0 Å². The van der Waals surface area contributed by atoms with Crippen LogP contribution in [0.1, 0.15) is 29.6 Å². The summed E-state index contributed by atoms with van der Waals surface area (Å²) in [6, 6.07) is 6.64. The van der Waals surface area contributed by atoms with Crippen molar-refractivity contribution in [3.8, 4) is 11.8 Å². The molecule has 0 atom stereocenters. The average molecular weight is 266 g/mol. The molecule has 18 heavy (non-hydrogen) atoms. The number of hydrogen-bond acceptors (Lipinski definition) is 3. The van der Waals surface area contributed by atoms with Crippen LogP contribution in [-0.2, 0) is 0 Å². The van der Waals surface area contributed by atoms with Crippen LogP contribution in [0.4, 0.5) is 0 Å². The molecular formula is C13H12ClNO3. The van der Waals surface area contributed by atoms with Gasteiger partial charge in [0.25, 0.3) is 0 Å². The molecule has 2 rings (SSSR count). The first-order valence-corrected chi connectivity index (χ1v) is 5.97. The highest BCUT2D eigenvalue weighted by Gasteiger charge is 2.43. The van der Waals surface area contributed by atoms with Crippen molar-refractivity contribution >= 4 is 17.6 Å². The number of aromatic carboxylic acids is 1. The summed E-state index contributed by atoms with van der Waals surface area (Å²) >= 11 is 5.75. The molecule has 0 aromatic heterocycles. The van der Waals surface area contributed by atoms with Crippen molar-refractivity contribution in [3.63, 3.8) is 0 Å². The Kier molecular flexibility index (Phi) is 3.44. The molecule has 1 saturated carbocycles. The zero-order valence-corrected chi connectivity index (χ0v) is 10.4. The first kappa shape index (κ1) is 12.7. The number of carboxylic acid groups (broad SMARTS) is 1. The summed E-state index contributed by atoms with van der Waals surface area (Å²) in [6.45, 7) is 0.377. The summed E-state index contributed by atoms with van der Waals surface area (Å²) in [6.07, 6.45) is 2.36. The number of ether oxygens (including phenoxy) is 1. The first-order valence-electron chi connectivity index (χ1n) is 5.59. The molecule has 0 saturated heterocycles. The lowest BCUT2D eigenvalue weighted by Crippen LogP contribution is -2.14. The summed E-state index contributed by atoms with van der Waals surface area (Å²) in [5.74, 6) is -0.770. The second-order valence-corrected chi connectivity index (χ2v) is 5.01. The molecule has 1 N–H and O–H groups in total. The van der Waals surface area contributed by atoms with Gasteiger partial charge in [-0.1, -0.05) is 11.6 Å². The van der Waals surface area contributed by atoms with Crippen molar-refractivity contribution in [3.05, 3.63) is 28.8 Å². The van der Waals surface area contributed by atoms with Crippen molar-refractivity contribution < 1.29 is 14.6 Å². The Morgan fingerprint density at radius 2 is 2.28 bits per heavy atom. The van der Waals surface area contributed by atoms with Crippen LogP contribution in [0.25, 0.3) is 0 Å². The van der Waals surface area contributed by atoms with Crippen molar-refractivity contribution in [1.29, 1.82) is 5.26 Å². The third-order valence-electron chi connectivity index (χ3n) is 3.12. The van der Waals surface area contributed by atoms with E-state index in [-0.39, 0.29) is 11.0 Å². The molecule has 1 fully saturated rings. The molecule has 0 aliphatic heterocycles. The predicted octanol–water partition coefficient (Wildman–Crippen LogP) is 3.11. The maximum absolute atomic E-state index is 11.0. The lowest BCUT2D eigenvalue weighted by atomic mass is 10.1. The predicted molar refractivity (Wildman–Crippen MR) is 65.8 cm³/mol. The lowest BCUT2D eigenvalue weighted by molar-refractivity contribution is 0.0690. The van der Waals surface area contributed by atoms with Crippen molar-refractivity contribution in [2.45, 2.75) is 19.3 Å². The highest BCUT2D eigenvalue weighted by Crippen LogP contribution is 2.48. The average Bonchev–Trinajstić information content (AvgIpc) is 3.08. The number of rotatable bonds is 5. The molecule has 0 amide bonds. The quantitative estimate of drug-likeness (QED) is 0.888. The fraction of sp³-hybridized carbons (Fsp3) is 0.385. The van der Waals surface area contributed by atoms with Crippen LogP contribution in [0, 0.1) is 16.7 Å². The number of nitrogens with zero attached hydrogens (tertiary/aromatic N) is 1. The van der Waals surface area contributed by atoms with E-state index in [1.54, 1.807) is 12.1 Å². The Balaban J connectivity index is 2.10. The van der Waals surface area contributed by atoms with E-state index in [1.807, 2.05) is 0 Å². The Bertz CT molecular complexity index is 517. The van der Waals surface area contributed by atoms with Gasteiger partial charge in [-0.3, -0.25) is 0 Å². The molecule has 0 unspecified atom stereocenters. The van der Waals surface area contributed by atoms with Crippen molar-refractivity contribution in [2.24, 2.45) is 5.41 Å². The van der Waals surface area contributed by atoms with Gasteiger partial charge in [-0.15, -0.1) is 0 Å². The number of carbonyl (C=O) groups is 1. The normalized spacial score (nSPS) is 15.8. The zero-order valence-electron chi connectivity index (χ0n) is 9.65. The lowest BCUT2D eigenvalue weighted by Gasteiger charge is -2.14. The van der Waals surface area contributed by atoms with Gasteiger partial charge in [0.2, 0.25) is 0 Å². The smallest absolute Gasteiger partial charge is 0.339 e. The van der Waals surface area contributed by atoms with E-state index in [1.165, 1.54) is 6.07 Å². The molecule has 0 spiro atoms. The topological polar surface area (TPSA) is 70.3 Å². The van der Waals surface area contributed by atoms with E-state index in [9.17, 15) is 4.79 Å². The fourth-order valence-corrected chi connectivity index (χ4v) is 1.91. The van der Waals surface area contributed by atoms with Crippen LogP contribution in [0.3, 0.4) is 0 Å². The number of hydrogen-bond donors (Lipinski definition) is 1. The minimum atomic E-state index is -1.07. The number of carboxylic acids is 1. The molecule has 5 heteroatoms. The minimum absolute atomic E-state index is 0.0512. The third-order valence-corrected chi connectivity index (χ3v) is 3.35. The number of nitriles is 1. The first-order chi connectivity index (χ1) is 8.56. The van der Waals surface area contributed by atoms with E-state index < -0.39 is 5.97 Å². The summed E-state index contributed by atoms with van der Waals surface area (Å²) in [5, 5.41) is 18.1. The fourth-order valence-electron chi connectivity index (χ4n) is 1.74. The summed E-state index contributed by atoms with van der Waals surface area (Å²) in [5.41, 5.74) is -0.0280. The molecule has 1 aromatic carbocycles. The summed E-state index contributed by atoms with van der Waals surface area (Å²) in [4.78, 5) is 11.0. The van der Waals surface area contributed by atoms with E-state index in [0.717, 1.165) is 12.8 Å². The van der Waals surface area contributed by atoms with E-state index in [4.69, 9.17) is 26.7 Å². The number of benzene rings is 1. The van der Waals surface area contributed by atoms with Crippen LogP contribution < -0.4 is 4.74 Å². The standard InChI is InChI=1S/C13H12ClNO3/c14-9-1-2-11(10(7-9)12(16)17)18-8-13(3-4-13)5-6-15/h1-2,7H,3-5,8H2,(H,16,17). The third kappa shape index (κ3) is 2.74. The van der Waals surface area contributed by atoms with Crippen LogP contribution in [-0.4, -0.2) is 17.7 Å². The van der Waals surface area contributed by atoms with Crippen LogP contribution in [0.15, 0.2) is 18.2 Å². The monoisotopic (exact) mass is 265 g/mol. The SMILES string of the molecule is N#CCC1(COc2ccc(Cl)cc2C(=O)O)CC1. The Morgan fingerprint density at radius 3 is 2.83 bits per heavy atom. The summed E-state index contributed by atoms with van der Waals surface area (Å²) in [7, 11) is 0. The molecule has 0 radical (unpaired) electrons. The van der Waals surface area contributed by atoms with Gasteiger partial charge >= 0.3 is 5.97 Å². The second-order valence-electron chi connectivity index (χ2n) is 4.57. The van der Waals surface area contributed by atoms with Gasteiger partial charge in [0.1, 0.15) is 11.3 Å². The maximum Gasteiger partial charge on any atom is 0.339 e. The van der Waals surface area contributed by atoms with Crippen LogP contribution >= 0.6 is 11.6 Å². The van der Waals surface area contributed by atoms with Gasteiger partial charge in [-0.05, 0) is 31.0 Å². The summed E-state index contributed by atoms with van der Waals surface area (Å²) < 4.78 is 5.54. The van der Waals surface area contributed by atoms with Gasteiger partial charge < -0.3 is 9.84 Å². The van der Waals surface area contributed by atoms with Crippen molar-refractivity contribution in [1.82, 2.24) is 0 Å². The highest BCUT2D eigenvalue weighted by atomic mass is 35.5. The van der Waals surface area contributed by atoms with Gasteiger partial charge in [-0.25, -0.2) is 4.79 Å². The molecule has 1 aliphatic carbocycles. The molecule has 4 nitrogen and oxygen atoms in total. The molecule has 1 aromatic rings. The van der Waals surface area contributed by atoms with E-state index in [2.05, 4.69) is 6.07 Å². The molecule has 94 valence electrons. The van der Waals surface area contributed by atoms with Gasteiger partial charge in [-0.2, -0.15) is 5.26 Å². The molecule has 1 aliphatic rings. The van der Waals surface area contributed by atoms with Gasteiger partial charge in [0.15, 0.2) is 0 Å². The van der Waals surface area contributed by atoms with Crippen LogP contribution in [0.2, 0.25) is 5.02 Å². The molecule has 0 bridgehead atoms. The highest BCUT2D eigenvalue weighted by molar-refractivity contribution is 6.31. The Hall–Kier alpha value is -1.73.